The van der Waals surface area contributed by atoms with Gasteiger partial charge < -0.3 is 10.1 Å². The van der Waals surface area contributed by atoms with E-state index in [-0.39, 0.29) is 6.04 Å². The Labute approximate surface area is 121 Å². The molecular formula is C17H22N2O. The van der Waals surface area contributed by atoms with Crippen LogP contribution >= 0.6 is 0 Å². The molecule has 1 aromatic carbocycles. The summed E-state index contributed by atoms with van der Waals surface area (Å²) in [7, 11) is 0. The molecule has 2 rings (SSSR count). The molecule has 2 aromatic rings. The molecule has 0 aliphatic rings. The Kier molecular flexibility index (Phi) is 5.13. The lowest BCUT2D eigenvalue weighted by atomic mass is 9.99. The van der Waals surface area contributed by atoms with E-state index in [9.17, 15) is 0 Å². The van der Waals surface area contributed by atoms with Gasteiger partial charge >= 0.3 is 0 Å². The third-order valence-electron chi connectivity index (χ3n) is 3.26. The topological polar surface area (TPSA) is 34.1 Å². The normalized spacial score (nSPS) is 12.2. The highest BCUT2D eigenvalue weighted by Crippen LogP contribution is 2.30. The molecule has 106 valence electrons. The van der Waals surface area contributed by atoms with Gasteiger partial charge in [0, 0.05) is 11.8 Å². The molecule has 0 bridgehead atoms. The summed E-state index contributed by atoms with van der Waals surface area (Å²) >= 11 is 0. The summed E-state index contributed by atoms with van der Waals surface area (Å²) in [5.74, 6) is 0.922. The molecule has 20 heavy (non-hydrogen) atoms. The van der Waals surface area contributed by atoms with Crippen LogP contribution in [0.1, 0.15) is 36.7 Å². The SMILES string of the molecule is CCNC(c1ccccc1OCC)c1ncccc1C. The Morgan fingerprint density at radius 2 is 1.95 bits per heavy atom. The van der Waals surface area contributed by atoms with Crippen molar-refractivity contribution in [1.29, 1.82) is 0 Å². The summed E-state index contributed by atoms with van der Waals surface area (Å²) in [4.78, 5) is 4.56. The van der Waals surface area contributed by atoms with Gasteiger partial charge in [0.1, 0.15) is 5.75 Å². The lowest BCUT2D eigenvalue weighted by Gasteiger charge is -2.22. The van der Waals surface area contributed by atoms with E-state index >= 15 is 0 Å². The number of nitrogens with one attached hydrogen (secondary N) is 1. The molecule has 0 radical (unpaired) electrons. The van der Waals surface area contributed by atoms with Gasteiger partial charge in [-0.3, -0.25) is 4.98 Å². The molecule has 1 heterocycles. The Bertz CT molecular complexity index is 554. The summed E-state index contributed by atoms with van der Waals surface area (Å²) in [6, 6.07) is 12.3. The molecular weight excluding hydrogens is 248 g/mol. The Morgan fingerprint density at radius 3 is 2.65 bits per heavy atom. The molecule has 1 N–H and O–H groups in total. The maximum absolute atomic E-state index is 5.76. The smallest absolute Gasteiger partial charge is 0.124 e. The first kappa shape index (κ1) is 14.5. The van der Waals surface area contributed by atoms with Crippen molar-refractivity contribution in [2.24, 2.45) is 0 Å². The summed E-state index contributed by atoms with van der Waals surface area (Å²) in [5.41, 5.74) is 3.38. The zero-order valence-electron chi connectivity index (χ0n) is 12.4. The summed E-state index contributed by atoms with van der Waals surface area (Å²) < 4.78 is 5.76. The van der Waals surface area contributed by atoms with Gasteiger partial charge in [0.15, 0.2) is 0 Å². The number of hydrogen-bond donors (Lipinski definition) is 1. The second kappa shape index (κ2) is 7.06. The van der Waals surface area contributed by atoms with Gasteiger partial charge in [-0.05, 0) is 38.1 Å². The van der Waals surface area contributed by atoms with Crippen LogP contribution in [-0.4, -0.2) is 18.1 Å². The Balaban J connectivity index is 2.46. The molecule has 1 unspecified atom stereocenters. The minimum atomic E-state index is 0.0592. The summed E-state index contributed by atoms with van der Waals surface area (Å²) in [6.45, 7) is 7.74. The first-order valence-corrected chi connectivity index (χ1v) is 7.14. The monoisotopic (exact) mass is 270 g/mol. The van der Waals surface area contributed by atoms with Crippen molar-refractivity contribution in [1.82, 2.24) is 10.3 Å². The molecule has 0 fully saturated rings. The average Bonchev–Trinajstić information content (AvgIpc) is 2.47. The molecule has 1 atom stereocenters. The van der Waals surface area contributed by atoms with Crippen LogP contribution in [0, 0.1) is 6.92 Å². The summed E-state index contributed by atoms with van der Waals surface area (Å²) in [6.07, 6.45) is 1.84. The number of benzene rings is 1. The minimum Gasteiger partial charge on any atom is -0.494 e. The van der Waals surface area contributed by atoms with Crippen molar-refractivity contribution < 1.29 is 4.74 Å². The van der Waals surface area contributed by atoms with Gasteiger partial charge in [0.2, 0.25) is 0 Å². The van der Waals surface area contributed by atoms with Gasteiger partial charge in [-0.2, -0.15) is 0 Å². The van der Waals surface area contributed by atoms with E-state index in [1.54, 1.807) is 0 Å². The molecule has 1 aromatic heterocycles. The maximum Gasteiger partial charge on any atom is 0.124 e. The fourth-order valence-electron chi connectivity index (χ4n) is 2.36. The third-order valence-corrected chi connectivity index (χ3v) is 3.26. The van der Waals surface area contributed by atoms with E-state index in [1.165, 1.54) is 5.56 Å². The van der Waals surface area contributed by atoms with Gasteiger partial charge in [0.05, 0.1) is 18.3 Å². The maximum atomic E-state index is 5.76. The molecule has 3 nitrogen and oxygen atoms in total. The predicted molar refractivity (Wildman–Crippen MR) is 82.1 cm³/mol. The van der Waals surface area contributed by atoms with Crippen LogP contribution in [0.5, 0.6) is 5.75 Å². The first-order chi connectivity index (χ1) is 9.77. The Morgan fingerprint density at radius 1 is 1.15 bits per heavy atom. The molecule has 0 saturated heterocycles. The van der Waals surface area contributed by atoms with E-state index in [0.717, 1.165) is 23.6 Å². The molecule has 0 amide bonds. The van der Waals surface area contributed by atoms with Crippen LogP contribution in [0.15, 0.2) is 42.6 Å². The minimum absolute atomic E-state index is 0.0592. The van der Waals surface area contributed by atoms with Crippen molar-refractivity contribution >= 4 is 0 Å². The van der Waals surface area contributed by atoms with Crippen molar-refractivity contribution in [3.63, 3.8) is 0 Å². The number of aromatic nitrogens is 1. The van der Waals surface area contributed by atoms with E-state index in [2.05, 4.69) is 36.3 Å². The van der Waals surface area contributed by atoms with Crippen LogP contribution < -0.4 is 10.1 Å². The number of para-hydroxylation sites is 1. The van der Waals surface area contributed by atoms with Crippen molar-refractivity contribution in [3.05, 3.63) is 59.4 Å². The largest absolute Gasteiger partial charge is 0.494 e. The predicted octanol–water partition coefficient (Wildman–Crippen LogP) is 3.49. The quantitative estimate of drug-likeness (QED) is 0.872. The third kappa shape index (κ3) is 3.17. The molecule has 0 aliphatic carbocycles. The van der Waals surface area contributed by atoms with Crippen molar-refractivity contribution in [3.8, 4) is 5.75 Å². The zero-order chi connectivity index (χ0) is 14.4. The highest BCUT2D eigenvalue weighted by atomic mass is 16.5. The van der Waals surface area contributed by atoms with Crippen LogP contribution in [0.25, 0.3) is 0 Å². The van der Waals surface area contributed by atoms with Crippen LogP contribution in [0.4, 0.5) is 0 Å². The highest BCUT2D eigenvalue weighted by Gasteiger charge is 2.19. The highest BCUT2D eigenvalue weighted by molar-refractivity contribution is 5.41. The van der Waals surface area contributed by atoms with E-state index < -0.39 is 0 Å². The molecule has 3 heteroatoms. The number of ether oxygens (including phenoxy) is 1. The second-order valence-corrected chi connectivity index (χ2v) is 4.67. The molecule has 0 spiro atoms. The second-order valence-electron chi connectivity index (χ2n) is 4.67. The molecule has 0 aliphatic heterocycles. The van der Waals surface area contributed by atoms with Gasteiger partial charge in [0.25, 0.3) is 0 Å². The average molecular weight is 270 g/mol. The van der Waals surface area contributed by atoms with Crippen LogP contribution in [0.3, 0.4) is 0 Å². The van der Waals surface area contributed by atoms with E-state index in [0.29, 0.717) is 6.61 Å². The van der Waals surface area contributed by atoms with E-state index in [4.69, 9.17) is 4.74 Å². The van der Waals surface area contributed by atoms with Crippen LogP contribution in [0.2, 0.25) is 0 Å². The van der Waals surface area contributed by atoms with Gasteiger partial charge in [-0.1, -0.05) is 31.2 Å². The van der Waals surface area contributed by atoms with Crippen molar-refractivity contribution in [2.75, 3.05) is 13.2 Å². The fraction of sp³-hybridized carbons (Fsp3) is 0.353. The summed E-state index contributed by atoms with van der Waals surface area (Å²) in [5, 5.41) is 3.51. The zero-order valence-corrected chi connectivity index (χ0v) is 12.4. The number of pyridine rings is 1. The lowest BCUT2D eigenvalue weighted by molar-refractivity contribution is 0.333. The first-order valence-electron chi connectivity index (χ1n) is 7.14. The standard InChI is InChI=1S/C17H22N2O/c1-4-18-17(16-13(3)9-8-12-19-16)14-10-6-7-11-15(14)20-5-2/h6-12,17-18H,4-5H2,1-3H3. The van der Waals surface area contributed by atoms with Gasteiger partial charge in [-0.15, -0.1) is 0 Å². The lowest BCUT2D eigenvalue weighted by Crippen LogP contribution is -2.24. The number of nitrogens with zero attached hydrogens (tertiary/aromatic N) is 1. The van der Waals surface area contributed by atoms with E-state index in [1.807, 2.05) is 37.4 Å². The van der Waals surface area contributed by atoms with Crippen LogP contribution in [-0.2, 0) is 0 Å². The molecule has 0 saturated carbocycles. The number of hydrogen-bond acceptors (Lipinski definition) is 3. The van der Waals surface area contributed by atoms with Crippen molar-refractivity contribution in [2.45, 2.75) is 26.8 Å². The number of aryl methyl sites for hydroxylation is 1. The Hall–Kier alpha value is -1.87. The van der Waals surface area contributed by atoms with Gasteiger partial charge in [-0.25, -0.2) is 0 Å². The number of rotatable bonds is 6. The fourth-order valence-corrected chi connectivity index (χ4v) is 2.36.